The molecular formula is C11H19NO8S. The minimum Gasteiger partial charge on any atom is -0.462 e. The van der Waals surface area contributed by atoms with Crippen LogP contribution >= 0.6 is 11.8 Å². The van der Waals surface area contributed by atoms with Crippen molar-refractivity contribution in [2.75, 3.05) is 12.4 Å². The Balaban J connectivity index is 2.43. The number of thioether (sulfide) groups is 1. The van der Waals surface area contributed by atoms with Gasteiger partial charge in [0.25, 0.3) is 0 Å². The van der Waals surface area contributed by atoms with Gasteiger partial charge in [0.05, 0.1) is 0 Å². The number of aliphatic hydroxyl groups excluding tert-OH is 4. The molecule has 9 nitrogen and oxygen atoms in total. The predicted molar refractivity (Wildman–Crippen MR) is 71.0 cm³/mol. The van der Waals surface area contributed by atoms with Crippen LogP contribution in [-0.4, -0.2) is 80.6 Å². The summed E-state index contributed by atoms with van der Waals surface area (Å²) < 4.78 is 9.63. The fraction of sp³-hybridized carbons (Fsp3) is 0.818. The minimum absolute atomic E-state index is 0.0478. The SMILES string of the molecule is CC(=O)SCC(N)C(=O)OCC1OC(O)C(O)C(O)C1O. The Morgan fingerprint density at radius 2 is 1.86 bits per heavy atom. The van der Waals surface area contributed by atoms with E-state index in [0.29, 0.717) is 0 Å². The van der Waals surface area contributed by atoms with E-state index in [-0.39, 0.29) is 10.9 Å². The predicted octanol–water partition coefficient (Wildman–Crippen LogP) is -3.06. The van der Waals surface area contributed by atoms with Gasteiger partial charge in [0.15, 0.2) is 11.4 Å². The third kappa shape index (κ3) is 5.18. The maximum atomic E-state index is 11.5. The summed E-state index contributed by atoms with van der Waals surface area (Å²) in [5, 5.41) is 37.5. The van der Waals surface area contributed by atoms with Crippen molar-refractivity contribution in [2.45, 2.75) is 43.7 Å². The van der Waals surface area contributed by atoms with Gasteiger partial charge in [-0.15, -0.1) is 0 Å². The average molecular weight is 325 g/mol. The van der Waals surface area contributed by atoms with Crippen molar-refractivity contribution in [3.63, 3.8) is 0 Å². The summed E-state index contributed by atoms with van der Waals surface area (Å²) in [6.07, 6.45) is -7.70. The third-order valence-electron chi connectivity index (χ3n) is 2.85. The van der Waals surface area contributed by atoms with Crippen LogP contribution in [0.15, 0.2) is 0 Å². The topological polar surface area (TPSA) is 160 Å². The molecule has 0 radical (unpaired) electrons. The lowest BCUT2D eigenvalue weighted by Crippen LogP contribution is -2.58. The normalized spacial score (nSPS) is 34.3. The molecule has 122 valence electrons. The first kappa shape index (κ1) is 18.3. The second-order valence-electron chi connectivity index (χ2n) is 4.58. The summed E-state index contributed by atoms with van der Waals surface area (Å²) in [5.74, 6) is -0.763. The van der Waals surface area contributed by atoms with Crippen LogP contribution in [0.4, 0.5) is 0 Å². The number of aliphatic hydroxyl groups is 4. The molecule has 10 heteroatoms. The quantitative estimate of drug-likeness (QED) is 0.328. The number of carbonyl (C=O) groups excluding carboxylic acids is 2. The molecule has 1 fully saturated rings. The van der Waals surface area contributed by atoms with Crippen LogP contribution in [0.1, 0.15) is 6.92 Å². The van der Waals surface area contributed by atoms with E-state index in [4.69, 9.17) is 15.2 Å². The van der Waals surface area contributed by atoms with Gasteiger partial charge in [-0.2, -0.15) is 0 Å². The van der Waals surface area contributed by atoms with E-state index in [9.17, 15) is 30.0 Å². The Hall–Kier alpha value is -0.750. The lowest BCUT2D eigenvalue weighted by Gasteiger charge is -2.37. The van der Waals surface area contributed by atoms with Crippen molar-refractivity contribution >= 4 is 22.8 Å². The molecule has 1 aliphatic heterocycles. The van der Waals surface area contributed by atoms with Crippen LogP contribution in [0.25, 0.3) is 0 Å². The zero-order valence-corrected chi connectivity index (χ0v) is 12.1. The highest BCUT2D eigenvalue weighted by Crippen LogP contribution is 2.20. The summed E-state index contributed by atoms with van der Waals surface area (Å²) >= 11 is 0.872. The summed E-state index contributed by atoms with van der Waals surface area (Å²) in [5.41, 5.74) is 5.50. The van der Waals surface area contributed by atoms with E-state index in [1.165, 1.54) is 6.92 Å². The van der Waals surface area contributed by atoms with Crippen LogP contribution in [-0.2, 0) is 19.1 Å². The molecule has 0 saturated carbocycles. The Morgan fingerprint density at radius 1 is 1.24 bits per heavy atom. The van der Waals surface area contributed by atoms with Gasteiger partial charge in [-0.3, -0.25) is 9.59 Å². The molecule has 21 heavy (non-hydrogen) atoms. The van der Waals surface area contributed by atoms with E-state index in [1.54, 1.807) is 0 Å². The van der Waals surface area contributed by atoms with Crippen LogP contribution < -0.4 is 5.73 Å². The van der Waals surface area contributed by atoms with Crippen molar-refractivity contribution < 1.29 is 39.5 Å². The molecular weight excluding hydrogens is 306 g/mol. The lowest BCUT2D eigenvalue weighted by atomic mass is 9.99. The van der Waals surface area contributed by atoms with Gasteiger partial charge in [-0.05, 0) is 0 Å². The Kier molecular flexibility index (Phi) is 7.00. The highest BCUT2D eigenvalue weighted by atomic mass is 32.2. The molecule has 0 bridgehead atoms. The molecule has 0 aromatic carbocycles. The van der Waals surface area contributed by atoms with E-state index in [2.05, 4.69) is 0 Å². The molecule has 6 N–H and O–H groups in total. The monoisotopic (exact) mass is 325 g/mol. The first-order valence-corrected chi connectivity index (χ1v) is 7.16. The maximum absolute atomic E-state index is 11.5. The van der Waals surface area contributed by atoms with E-state index in [1.807, 2.05) is 0 Å². The molecule has 1 heterocycles. The fourth-order valence-electron chi connectivity index (χ4n) is 1.62. The fourth-order valence-corrected chi connectivity index (χ4v) is 2.17. The van der Waals surface area contributed by atoms with E-state index in [0.717, 1.165) is 11.8 Å². The van der Waals surface area contributed by atoms with E-state index >= 15 is 0 Å². The maximum Gasteiger partial charge on any atom is 0.323 e. The van der Waals surface area contributed by atoms with Gasteiger partial charge in [0.1, 0.15) is 37.1 Å². The zero-order chi connectivity index (χ0) is 16.2. The zero-order valence-electron chi connectivity index (χ0n) is 11.3. The van der Waals surface area contributed by atoms with Gasteiger partial charge < -0.3 is 35.6 Å². The van der Waals surface area contributed by atoms with E-state index < -0.39 is 49.3 Å². The summed E-state index contributed by atoms with van der Waals surface area (Å²) in [4.78, 5) is 22.3. The molecule has 6 atom stereocenters. The van der Waals surface area contributed by atoms with Gasteiger partial charge in [0, 0.05) is 12.7 Å². The highest BCUT2D eigenvalue weighted by Gasteiger charge is 2.43. The molecule has 0 spiro atoms. The molecule has 1 saturated heterocycles. The summed E-state index contributed by atoms with van der Waals surface area (Å²) in [6, 6.07) is -1.03. The van der Waals surface area contributed by atoms with Crippen LogP contribution in [0.2, 0.25) is 0 Å². The first-order chi connectivity index (χ1) is 9.73. The summed E-state index contributed by atoms with van der Waals surface area (Å²) in [6.45, 7) is 0.877. The number of hydrogen-bond donors (Lipinski definition) is 5. The Labute approximate surface area is 125 Å². The smallest absolute Gasteiger partial charge is 0.323 e. The average Bonchev–Trinajstić information content (AvgIpc) is 2.44. The van der Waals surface area contributed by atoms with Crippen molar-refractivity contribution in [1.29, 1.82) is 0 Å². The van der Waals surface area contributed by atoms with Crippen LogP contribution in [0.3, 0.4) is 0 Å². The number of nitrogens with two attached hydrogens (primary N) is 1. The third-order valence-corrected chi connectivity index (χ3v) is 3.78. The molecule has 0 amide bonds. The molecule has 0 aromatic heterocycles. The summed E-state index contributed by atoms with van der Waals surface area (Å²) in [7, 11) is 0. The molecule has 0 aliphatic carbocycles. The number of esters is 1. The van der Waals surface area contributed by atoms with Gasteiger partial charge in [-0.25, -0.2) is 0 Å². The standard InChI is InChI=1S/C11H19NO8S/c1-4(13)21-3-5(12)10(17)19-2-6-7(14)8(15)9(16)11(18)20-6/h5-9,11,14-16,18H,2-3,12H2,1H3. The van der Waals surface area contributed by atoms with Crippen LogP contribution in [0.5, 0.6) is 0 Å². The second-order valence-corrected chi connectivity index (χ2v) is 5.77. The van der Waals surface area contributed by atoms with Gasteiger partial charge in [-0.1, -0.05) is 11.8 Å². The molecule has 0 aromatic rings. The second kappa shape index (κ2) is 8.03. The Morgan fingerprint density at radius 3 is 2.43 bits per heavy atom. The van der Waals surface area contributed by atoms with Gasteiger partial charge >= 0.3 is 5.97 Å². The minimum atomic E-state index is -1.70. The van der Waals surface area contributed by atoms with Crippen molar-refractivity contribution in [2.24, 2.45) is 5.73 Å². The van der Waals surface area contributed by atoms with Crippen molar-refractivity contribution in [1.82, 2.24) is 0 Å². The molecule has 6 unspecified atom stereocenters. The van der Waals surface area contributed by atoms with Gasteiger partial charge in [0.2, 0.25) is 0 Å². The number of carbonyl (C=O) groups is 2. The highest BCUT2D eigenvalue weighted by molar-refractivity contribution is 8.13. The van der Waals surface area contributed by atoms with Crippen molar-refractivity contribution in [3.05, 3.63) is 0 Å². The Bertz CT molecular complexity index is 381. The number of hydrogen-bond acceptors (Lipinski definition) is 10. The lowest BCUT2D eigenvalue weighted by molar-refractivity contribution is -0.287. The first-order valence-electron chi connectivity index (χ1n) is 6.17. The molecule has 1 aliphatic rings. The van der Waals surface area contributed by atoms with Crippen LogP contribution in [0, 0.1) is 0 Å². The number of rotatable bonds is 5. The largest absolute Gasteiger partial charge is 0.462 e. The van der Waals surface area contributed by atoms with Crippen molar-refractivity contribution in [3.8, 4) is 0 Å². The molecule has 1 rings (SSSR count). The number of ether oxygens (including phenoxy) is 2.